The molecule has 7 heteroatoms. The van der Waals surface area contributed by atoms with Crippen molar-refractivity contribution in [2.24, 2.45) is 0 Å². The quantitative estimate of drug-likeness (QED) is 0.836. The number of carbonyl (C=O) groups is 2. The average molecular weight is 263 g/mol. The Hall–Kier alpha value is -2.57. The minimum atomic E-state index is -0.594. The van der Waals surface area contributed by atoms with Crippen LogP contribution in [0, 0.1) is 6.92 Å². The topological polar surface area (TPSA) is 100 Å². The minimum absolute atomic E-state index is 0.0397. The Morgan fingerprint density at radius 3 is 2.84 bits per heavy atom. The van der Waals surface area contributed by atoms with E-state index >= 15 is 0 Å². The Labute approximate surface area is 108 Å². The number of hydrogen-bond donors (Lipinski definition) is 1. The van der Waals surface area contributed by atoms with E-state index < -0.39 is 11.9 Å². The Morgan fingerprint density at radius 1 is 1.53 bits per heavy atom. The highest BCUT2D eigenvalue weighted by atomic mass is 16.5. The van der Waals surface area contributed by atoms with Gasteiger partial charge in [0.1, 0.15) is 17.6 Å². The molecule has 100 valence electrons. The standard InChI is InChI=1S/C12H13N3O4/c1-3-19-12(17)9-7(2)14-15(10(9)13)11(16)8-4-5-18-6-8/h4-6H,3,13H2,1-2H3. The van der Waals surface area contributed by atoms with Crippen LogP contribution < -0.4 is 5.73 Å². The van der Waals surface area contributed by atoms with Crippen molar-refractivity contribution in [1.82, 2.24) is 9.78 Å². The smallest absolute Gasteiger partial charge is 0.343 e. The third-order valence-corrected chi connectivity index (χ3v) is 2.54. The lowest BCUT2D eigenvalue weighted by molar-refractivity contribution is 0.0527. The first-order valence-electron chi connectivity index (χ1n) is 5.65. The number of esters is 1. The molecular weight excluding hydrogens is 250 g/mol. The second-order valence-electron chi connectivity index (χ2n) is 3.80. The van der Waals surface area contributed by atoms with Crippen molar-refractivity contribution in [2.75, 3.05) is 12.3 Å². The number of hydrogen-bond acceptors (Lipinski definition) is 6. The number of furan rings is 1. The zero-order chi connectivity index (χ0) is 14.0. The Bertz CT molecular complexity index is 613. The molecule has 0 atom stereocenters. The summed E-state index contributed by atoms with van der Waals surface area (Å²) >= 11 is 0. The molecule has 2 heterocycles. The van der Waals surface area contributed by atoms with Crippen LogP contribution in [0.1, 0.15) is 33.3 Å². The summed E-state index contributed by atoms with van der Waals surface area (Å²) in [6.45, 7) is 3.49. The summed E-state index contributed by atoms with van der Waals surface area (Å²) in [6.07, 6.45) is 2.65. The highest BCUT2D eigenvalue weighted by Crippen LogP contribution is 2.19. The number of nitrogens with zero attached hydrogens (tertiary/aromatic N) is 2. The van der Waals surface area contributed by atoms with Gasteiger partial charge in [-0.3, -0.25) is 4.79 Å². The van der Waals surface area contributed by atoms with Gasteiger partial charge in [0, 0.05) is 0 Å². The number of aromatic nitrogens is 2. The Kier molecular flexibility index (Phi) is 3.37. The molecule has 0 unspecified atom stereocenters. The fourth-order valence-corrected chi connectivity index (χ4v) is 1.66. The van der Waals surface area contributed by atoms with Crippen LogP contribution in [0.2, 0.25) is 0 Å². The normalized spacial score (nSPS) is 10.4. The van der Waals surface area contributed by atoms with Gasteiger partial charge in [-0.15, -0.1) is 0 Å². The minimum Gasteiger partial charge on any atom is -0.472 e. The van der Waals surface area contributed by atoms with E-state index in [0.717, 1.165) is 4.68 Å². The zero-order valence-electron chi connectivity index (χ0n) is 10.5. The molecule has 0 aromatic carbocycles. The molecular formula is C12H13N3O4. The van der Waals surface area contributed by atoms with E-state index in [9.17, 15) is 9.59 Å². The fraction of sp³-hybridized carbons (Fsp3) is 0.250. The van der Waals surface area contributed by atoms with Crippen LogP contribution in [0.15, 0.2) is 23.0 Å². The molecule has 0 aliphatic rings. The van der Waals surface area contributed by atoms with Gasteiger partial charge < -0.3 is 14.9 Å². The molecule has 2 aromatic rings. The largest absolute Gasteiger partial charge is 0.472 e. The number of rotatable bonds is 3. The van der Waals surface area contributed by atoms with Gasteiger partial charge in [-0.2, -0.15) is 9.78 Å². The van der Waals surface area contributed by atoms with Crippen molar-refractivity contribution >= 4 is 17.7 Å². The van der Waals surface area contributed by atoms with Gasteiger partial charge in [-0.05, 0) is 19.9 Å². The third-order valence-electron chi connectivity index (χ3n) is 2.54. The predicted molar refractivity (Wildman–Crippen MR) is 65.8 cm³/mol. The maximum absolute atomic E-state index is 12.1. The highest BCUT2D eigenvalue weighted by Gasteiger charge is 2.24. The third kappa shape index (κ3) is 2.22. The van der Waals surface area contributed by atoms with E-state index in [1.807, 2.05) is 0 Å². The van der Waals surface area contributed by atoms with Crippen LogP contribution in [0.25, 0.3) is 0 Å². The van der Waals surface area contributed by atoms with Crippen LogP contribution in [-0.4, -0.2) is 28.3 Å². The molecule has 0 saturated heterocycles. The van der Waals surface area contributed by atoms with Crippen molar-refractivity contribution in [3.8, 4) is 0 Å². The highest BCUT2D eigenvalue weighted by molar-refractivity contribution is 6.01. The molecule has 0 aliphatic heterocycles. The van der Waals surface area contributed by atoms with E-state index in [1.54, 1.807) is 13.8 Å². The van der Waals surface area contributed by atoms with E-state index in [-0.39, 0.29) is 18.0 Å². The molecule has 0 saturated carbocycles. The summed E-state index contributed by atoms with van der Waals surface area (Å²) in [4.78, 5) is 23.8. The van der Waals surface area contributed by atoms with Crippen LogP contribution in [-0.2, 0) is 4.74 Å². The maximum Gasteiger partial charge on any atom is 0.343 e. The van der Waals surface area contributed by atoms with E-state index in [0.29, 0.717) is 11.3 Å². The number of anilines is 1. The predicted octanol–water partition coefficient (Wildman–Crippen LogP) is 1.23. The van der Waals surface area contributed by atoms with Gasteiger partial charge in [0.15, 0.2) is 0 Å². The summed E-state index contributed by atoms with van der Waals surface area (Å²) in [5.74, 6) is -1.10. The SMILES string of the molecule is CCOC(=O)c1c(C)nn(C(=O)c2ccoc2)c1N. The average Bonchev–Trinajstić information content (AvgIpc) is 2.97. The van der Waals surface area contributed by atoms with Crippen LogP contribution in [0.4, 0.5) is 5.82 Å². The molecule has 2 rings (SSSR count). The van der Waals surface area contributed by atoms with Crippen molar-refractivity contribution < 1.29 is 18.7 Å². The van der Waals surface area contributed by atoms with Crippen LogP contribution in [0.5, 0.6) is 0 Å². The van der Waals surface area contributed by atoms with Crippen molar-refractivity contribution in [2.45, 2.75) is 13.8 Å². The lowest BCUT2D eigenvalue weighted by atomic mass is 10.2. The monoisotopic (exact) mass is 263 g/mol. The first-order chi connectivity index (χ1) is 9.06. The summed E-state index contributed by atoms with van der Waals surface area (Å²) < 4.78 is 10.7. The lowest BCUT2D eigenvalue weighted by Crippen LogP contribution is -2.16. The molecule has 2 N–H and O–H groups in total. The van der Waals surface area contributed by atoms with Gasteiger partial charge in [-0.25, -0.2) is 4.79 Å². The summed E-state index contributed by atoms with van der Waals surface area (Å²) in [7, 11) is 0. The van der Waals surface area contributed by atoms with Crippen LogP contribution >= 0.6 is 0 Å². The summed E-state index contributed by atoms with van der Waals surface area (Å²) in [5.41, 5.74) is 6.54. The van der Waals surface area contributed by atoms with E-state index in [2.05, 4.69) is 5.10 Å². The second-order valence-corrected chi connectivity index (χ2v) is 3.80. The zero-order valence-corrected chi connectivity index (χ0v) is 10.5. The first-order valence-corrected chi connectivity index (χ1v) is 5.65. The van der Waals surface area contributed by atoms with Crippen LogP contribution in [0.3, 0.4) is 0 Å². The van der Waals surface area contributed by atoms with Crippen molar-refractivity contribution in [3.05, 3.63) is 35.4 Å². The molecule has 0 radical (unpaired) electrons. The molecule has 0 bridgehead atoms. The van der Waals surface area contributed by atoms with Crippen molar-refractivity contribution in [1.29, 1.82) is 0 Å². The van der Waals surface area contributed by atoms with Gasteiger partial charge in [0.05, 0.1) is 24.1 Å². The number of aryl methyl sites for hydroxylation is 1. The summed E-state index contributed by atoms with van der Waals surface area (Å²) in [5, 5.41) is 3.97. The number of ether oxygens (including phenoxy) is 1. The number of nitrogens with two attached hydrogens (primary N) is 1. The molecule has 0 aliphatic carbocycles. The maximum atomic E-state index is 12.1. The Balaban J connectivity index is 2.42. The first kappa shape index (κ1) is 12.9. The van der Waals surface area contributed by atoms with E-state index in [4.69, 9.17) is 14.9 Å². The summed E-state index contributed by atoms with van der Waals surface area (Å²) in [6, 6.07) is 1.49. The molecule has 7 nitrogen and oxygen atoms in total. The molecule has 0 amide bonds. The van der Waals surface area contributed by atoms with Crippen molar-refractivity contribution in [3.63, 3.8) is 0 Å². The lowest BCUT2D eigenvalue weighted by Gasteiger charge is -2.02. The number of nitrogen functional groups attached to an aromatic ring is 1. The second kappa shape index (κ2) is 4.97. The number of carbonyl (C=O) groups excluding carboxylic acids is 2. The van der Waals surface area contributed by atoms with Gasteiger partial charge in [0.25, 0.3) is 5.91 Å². The Morgan fingerprint density at radius 2 is 2.26 bits per heavy atom. The molecule has 19 heavy (non-hydrogen) atoms. The van der Waals surface area contributed by atoms with Gasteiger partial charge in [-0.1, -0.05) is 0 Å². The fourth-order valence-electron chi connectivity index (χ4n) is 1.66. The van der Waals surface area contributed by atoms with Gasteiger partial charge in [0.2, 0.25) is 0 Å². The van der Waals surface area contributed by atoms with E-state index in [1.165, 1.54) is 18.6 Å². The molecule has 2 aromatic heterocycles. The molecule has 0 spiro atoms. The molecule has 0 fully saturated rings. The van der Waals surface area contributed by atoms with Gasteiger partial charge >= 0.3 is 5.97 Å².